The van der Waals surface area contributed by atoms with E-state index in [0.717, 1.165) is 26.0 Å². The molecule has 0 aromatic rings. The van der Waals surface area contributed by atoms with E-state index in [2.05, 4.69) is 32.7 Å². The number of hydrogen-bond acceptors (Lipinski definition) is 2. The summed E-state index contributed by atoms with van der Waals surface area (Å²) in [6, 6.07) is 0.467. The first-order chi connectivity index (χ1) is 7.58. The standard InChI is InChI=1S/C14H27NO/c1-5-15-13(9-8-12(2)3)14(4)10-6-7-11-16-14/h13,15H,2,5-11H2,1,3-4H3. The summed E-state index contributed by atoms with van der Waals surface area (Å²) in [5.41, 5.74) is 1.30. The first-order valence-electron chi connectivity index (χ1n) is 6.60. The molecular weight excluding hydrogens is 198 g/mol. The Kier molecular flexibility index (Phi) is 5.50. The van der Waals surface area contributed by atoms with E-state index in [0.29, 0.717) is 6.04 Å². The lowest BCUT2D eigenvalue weighted by Gasteiger charge is -2.41. The second-order valence-corrected chi connectivity index (χ2v) is 5.22. The molecule has 0 aromatic carbocycles. The fourth-order valence-electron chi connectivity index (χ4n) is 2.49. The first kappa shape index (κ1) is 13.7. The van der Waals surface area contributed by atoms with Crippen molar-refractivity contribution in [2.75, 3.05) is 13.2 Å². The molecule has 94 valence electrons. The molecule has 0 radical (unpaired) electrons. The normalized spacial score (nSPS) is 27.7. The van der Waals surface area contributed by atoms with Crippen LogP contribution in [0.15, 0.2) is 12.2 Å². The third kappa shape index (κ3) is 3.91. The van der Waals surface area contributed by atoms with Crippen molar-refractivity contribution in [3.05, 3.63) is 12.2 Å². The third-order valence-electron chi connectivity index (χ3n) is 3.55. The Hall–Kier alpha value is -0.340. The summed E-state index contributed by atoms with van der Waals surface area (Å²) in [6.45, 7) is 12.5. The smallest absolute Gasteiger partial charge is 0.0806 e. The van der Waals surface area contributed by atoms with Crippen LogP contribution in [0.1, 0.15) is 52.9 Å². The number of likely N-dealkylation sites (N-methyl/N-ethyl adjacent to an activating group) is 1. The van der Waals surface area contributed by atoms with Gasteiger partial charge in [-0.25, -0.2) is 0 Å². The van der Waals surface area contributed by atoms with Gasteiger partial charge in [0.1, 0.15) is 0 Å². The highest BCUT2D eigenvalue weighted by molar-refractivity contribution is 4.96. The molecule has 1 fully saturated rings. The predicted molar refractivity (Wildman–Crippen MR) is 69.7 cm³/mol. The van der Waals surface area contributed by atoms with Crippen LogP contribution in [-0.2, 0) is 4.74 Å². The molecule has 0 aliphatic carbocycles. The average Bonchev–Trinajstić information content (AvgIpc) is 2.24. The minimum atomic E-state index is 0.0315. The molecule has 16 heavy (non-hydrogen) atoms. The van der Waals surface area contributed by atoms with Gasteiger partial charge in [0, 0.05) is 12.6 Å². The van der Waals surface area contributed by atoms with E-state index in [-0.39, 0.29) is 5.60 Å². The highest BCUT2D eigenvalue weighted by Crippen LogP contribution is 2.30. The Balaban J connectivity index is 2.55. The monoisotopic (exact) mass is 225 g/mol. The molecule has 1 saturated heterocycles. The number of hydrogen-bond donors (Lipinski definition) is 1. The van der Waals surface area contributed by atoms with Gasteiger partial charge in [0.15, 0.2) is 0 Å². The van der Waals surface area contributed by atoms with Crippen molar-refractivity contribution in [1.82, 2.24) is 5.32 Å². The Morgan fingerprint density at radius 3 is 2.75 bits per heavy atom. The van der Waals surface area contributed by atoms with E-state index in [1.165, 1.54) is 24.8 Å². The van der Waals surface area contributed by atoms with Gasteiger partial charge in [-0.2, -0.15) is 0 Å². The van der Waals surface area contributed by atoms with Crippen molar-refractivity contribution in [3.63, 3.8) is 0 Å². The molecule has 2 heteroatoms. The van der Waals surface area contributed by atoms with Gasteiger partial charge < -0.3 is 10.1 Å². The minimum absolute atomic E-state index is 0.0315. The molecule has 2 nitrogen and oxygen atoms in total. The lowest BCUT2D eigenvalue weighted by Crippen LogP contribution is -2.52. The van der Waals surface area contributed by atoms with Crippen molar-refractivity contribution >= 4 is 0 Å². The Labute approximate surface area is 100 Å². The lowest BCUT2D eigenvalue weighted by atomic mass is 9.85. The second kappa shape index (κ2) is 6.41. The highest BCUT2D eigenvalue weighted by atomic mass is 16.5. The maximum atomic E-state index is 6.02. The summed E-state index contributed by atoms with van der Waals surface area (Å²) in [6.07, 6.45) is 5.93. The Morgan fingerprint density at radius 2 is 2.25 bits per heavy atom. The molecule has 2 atom stereocenters. The van der Waals surface area contributed by atoms with E-state index in [4.69, 9.17) is 4.74 Å². The Morgan fingerprint density at radius 1 is 1.50 bits per heavy atom. The van der Waals surface area contributed by atoms with Crippen LogP contribution in [-0.4, -0.2) is 24.8 Å². The van der Waals surface area contributed by atoms with Crippen LogP contribution in [0.3, 0.4) is 0 Å². The van der Waals surface area contributed by atoms with E-state index < -0.39 is 0 Å². The second-order valence-electron chi connectivity index (χ2n) is 5.22. The number of rotatable bonds is 6. The molecule has 1 aliphatic rings. The number of nitrogens with one attached hydrogen (secondary N) is 1. The molecule has 1 N–H and O–H groups in total. The van der Waals surface area contributed by atoms with Gasteiger partial charge in [0.2, 0.25) is 0 Å². The quantitative estimate of drug-likeness (QED) is 0.700. The largest absolute Gasteiger partial charge is 0.374 e. The van der Waals surface area contributed by atoms with Gasteiger partial charge in [0.25, 0.3) is 0 Å². The van der Waals surface area contributed by atoms with Crippen LogP contribution < -0.4 is 5.32 Å². The van der Waals surface area contributed by atoms with Crippen LogP contribution >= 0.6 is 0 Å². The van der Waals surface area contributed by atoms with Crippen LogP contribution in [0.5, 0.6) is 0 Å². The molecular formula is C14H27NO. The van der Waals surface area contributed by atoms with E-state index in [9.17, 15) is 0 Å². The van der Waals surface area contributed by atoms with Crippen molar-refractivity contribution in [2.45, 2.75) is 64.5 Å². The summed E-state index contributed by atoms with van der Waals surface area (Å²) in [4.78, 5) is 0. The van der Waals surface area contributed by atoms with Gasteiger partial charge >= 0.3 is 0 Å². The molecule has 1 rings (SSSR count). The average molecular weight is 225 g/mol. The fourth-order valence-corrected chi connectivity index (χ4v) is 2.49. The van der Waals surface area contributed by atoms with Crippen molar-refractivity contribution in [2.24, 2.45) is 0 Å². The summed E-state index contributed by atoms with van der Waals surface area (Å²) in [5.74, 6) is 0. The van der Waals surface area contributed by atoms with Crippen LogP contribution in [0.4, 0.5) is 0 Å². The minimum Gasteiger partial charge on any atom is -0.374 e. The number of allylic oxidation sites excluding steroid dienone is 1. The van der Waals surface area contributed by atoms with Crippen molar-refractivity contribution in [3.8, 4) is 0 Å². The molecule has 1 aliphatic heterocycles. The van der Waals surface area contributed by atoms with Gasteiger partial charge in [-0.05, 0) is 52.5 Å². The van der Waals surface area contributed by atoms with E-state index in [1.54, 1.807) is 0 Å². The molecule has 0 amide bonds. The van der Waals surface area contributed by atoms with Gasteiger partial charge in [0.05, 0.1) is 5.60 Å². The van der Waals surface area contributed by atoms with Crippen LogP contribution in [0.25, 0.3) is 0 Å². The lowest BCUT2D eigenvalue weighted by molar-refractivity contribution is -0.0896. The van der Waals surface area contributed by atoms with E-state index >= 15 is 0 Å². The molecule has 0 saturated carbocycles. The van der Waals surface area contributed by atoms with Gasteiger partial charge in [-0.3, -0.25) is 0 Å². The molecule has 2 unspecified atom stereocenters. The molecule has 0 spiro atoms. The van der Waals surface area contributed by atoms with Gasteiger partial charge in [-0.1, -0.05) is 12.5 Å². The number of ether oxygens (including phenoxy) is 1. The molecule has 0 aromatic heterocycles. The maximum Gasteiger partial charge on any atom is 0.0806 e. The summed E-state index contributed by atoms with van der Waals surface area (Å²) in [7, 11) is 0. The zero-order valence-electron chi connectivity index (χ0n) is 11.1. The molecule has 1 heterocycles. The van der Waals surface area contributed by atoms with Crippen LogP contribution in [0, 0.1) is 0 Å². The Bertz CT molecular complexity index is 219. The SMILES string of the molecule is C=C(C)CCC(NCC)C1(C)CCCCO1. The fraction of sp³-hybridized carbons (Fsp3) is 0.857. The zero-order chi connectivity index (χ0) is 12.0. The zero-order valence-corrected chi connectivity index (χ0v) is 11.1. The third-order valence-corrected chi connectivity index (χ3v) is 3.55. The maximum absolute atomic E-state index is 6.02. The van der Waals surface area contributed by atoms with Crippen molar-refractivity contribution in [1.29, 1.82) is 0 Å². The molecule has 0 bridgehead atoms. The van der Waals surface area contributed by atoms with Crippen LogP contribution in [0.2, 0.25) is 0 Å². The summed E-state index contributed by atoms with van der Waals surface area (Å²) < 4.78 is 6.02. The van der Waals surface area contributed by atoms with Crippen molar-refractivity contribution < 1.29 is 4.74 Å². The summed E-state index contributed by atoms with van der Waals surface area (Å²) >= 11 is 0. The van der Waals surface area contributed by atoms with E-state index in [1.807, 2.05) is 0 Å². The highest BCUT2D eigenvalue weighted by Gasteiger charge is 2.35. The topological polar surface area (TPSA) is 21.3 Å². The van der Waals surface area contributed by atoms with Gasteiger partial charge in [-0.15, -0.1) is 6.58 Å². The predicted octanol–water partition coefficient (Wildman–Crippen LogP) is 3.28. The summed E-state index contributed by atoms with van der Waals surface area (Å²) in [5, 5.41) is 3.58. The first-order valence-corrected chi connectivity index (χ1v) is 6.60.